The SMILES string of the molecule is C=C(C(=O)OC)[C@@H]1CC[C@H](C)C[C@@H]1O[Si](C)(C)C(C)(C)C(C)C. The van der Waals surface area contributed by atoms with Gasteiger partial charge in [0.15, 0.2) is 8.32 Å². The Morgan fingerprint density at radius 1 is 1.26 bits per heavy atom. The molecule has 0 spiro atoms. The van der Waals surface area contributed by atoms with Gasteiger partial charge in [-0.05, 0) is 49.2 Å². The van der Waals surface area contributed by atoms with Crippen molar-refractivity contribution in [3.05, 3.63) is 12.2 Å². The van der Waals surface area contributed by atoms with Gasteiger partial charge < -0.3 is 9.16 Å². The van der Waals surface area contributed by atoms with Crippen LogP contribution in [-0.2, 0) is 14.0 Å². The molecule has 0 heterocycles. The van der Waals surface area contributed by atoms with E-state index in [1.54, 1.807) is 0 Å². The number of ether oxygens (including phenoxy) is 1. The standard InChI is InChI=1S/C19H36O3Si/c1-13(2)19(5,6)23(8,9)22-17-12-14(3)10-11-16(17)15(4)18(20)21-7/h13-14,16-17H,4,10-12H2,1-3,5-9H3/t14-,16-,17-/m0/s1. The summed E-state index contributed by atoms with van der Waals surface area (Å²) in [6, 6.07) is 0. The quantitative estimate of drug-likeness (QED) is 0.380. The predicted molar refractivity (Wildman–Crippen MR) is 98.9 cm³/mol. The Labute approximate surface area is 144 Å². The molecule has 0 N–H and O–H groups in total. The zero-order valence-corrected chi connectivity index (χ0v) is 17.4. The average Bonchev–Trinajstić information content (AvgIpc) is 2.45. The third-order valence-electron chi connectivity index (χ3n) is 6.39. The molecular weight excluding hydrogens is 304 g/mol. The van der Waals surface area contributed by atoms with E-state index in [9.17, 15) is 4.79 Å². The summed E-state index contributed by atoms with van der Waals surface area (Å²) in [5.41, 5.74) is 0.580. The number of hydrogen-bond donors (Lipinski definition) is 0. The minimum absolute atomic E-state index is 0.0880. The molecule has 0 saturated heterocycles. The van der Waals surface area contributed by atoms with Gasteiger partial charge in [0.1, 0.15) is 0 Å². The number of esters is 1. The van der Waals surface area contributed by atoms with Gasteiger partial charge in [-0.1, -0.05) is 41.2 Å². The first-order valence-corrected chi connectivity index (χ1v) is 11.8. The normalized spacial score (nSPS) is 26.2. The van der Waals surface area contributed by atoms with Gasteiger partial charge in [0.2, 0.25) is 0 Å². The molecule has 134 valence electrons. The fourth-order valence-electron chi connectivity index (χ4n) is 3.37. The van der Waals surface area contributed by atoms with Gasteiger partial charge in [-0.3, -0.25) is 0 Å². The first kappa shape index (κ1) is 20.4. The fraction of sp³-hybridized carbons (Fsp3) is 0.842. The number of carbonyl (C=O) groups is 1. The minimum atomic E-state index is -1.94. The van der Waals surface area contributed by atoms with Crippen LogP contribution in [0.3, 0.4) is 0 Å². The maximum absolute atomic E-state index is 11.9. The lowest BCUT2D eigenvalue weighted by Gasteiger charge is -2.47. The fourth-order valence-corrected chi connectivity index (χ4v) is 6.08. The van der Waals surface area contributed by atoms with Crippen LogP contribution in [0.15, 0.2) is 12.2 Å². The van der Waals surface area contributed by atoms with Crippen LogP contribution >= 0.6 is 0 Å². The lowest BCUT2D eigenvalue weighted by atomic mass is 9.77. The molecule has 1 fully saturated rings. The summed E-state index contributed by atoms with van der Waals surface area (Å²) in [6.45, 7) is 20.1. The van der Waals surface area contributed by atoms with Gasteiger partial charge >= 0.3 is 5.97 Å². The van der Waals surface area contributed by atoms with Crippen molar-refractivity contribution in [3.8, 4) is 0 Å². The molecule has 4 heteroatoms. The highest BCUT2D eigenvalue weighted by atomic mass is 28.4. The molecule has 0 aromatic rings. The molecule has 0 aliphatic heterocycles. The second kappa shape index (κ2) is 7.52. The van der Waals surface area contributed by atoms with Crippen LogP contribution in [0, 0.1) is 17.8 Å². The van der Waals surface area contributed by atoms with Gasteiger partial charge in [-0.15, -0.1) is 0 Å². The molecule has 3 nitrogen and oxygen atoms in total. The molecular formula is C19H36O3Si. The third kappa shape index (κ3) is 4.47. The summed E-state index contributed by atoms with van der Waals surface area (Å²) in [4.78, 5) is 11.9. The Morgan fingerprint density at radius 3 is 2.30 bits per heavy atom. The minimum Gasteiger partial charge on any atom is -0.466 e. The van der Waals surface area contributed by atoms with Crippen molar-refractivity contribution in [2.75, 3.05) is 7.11 Å². The first-order chi connectivity index (χ1) is 10.4. The molecule has 1 aliphatic carbocycles. The Hall–Kier alpha value is -0.613. The average molecular weight is 341 g/mol. The molecule has 23 heavy (non-hydrogen) atoms. The van der Waals surface area contributed by atoms with Crippen molar-refractivity contribution in [2.45, 2.75) is 78.1 Å². The highest BCUT2D eigenvalue weighted by Crippen LogP contribution is 2.47. The molecule has 1 saturated carbocycles. The van der Waals surface area contributed by atoms with Gasteiger partial charge in [-0.25, -0.2) is 4.79 Å². The van der Waals surface area contributed by atoms with Crippen LogP contribution in [0.2, 0.25) is 18.1 Å². The monoisotopic (exact) mass is 340 g/mol. The Morgan fingerprint density at radius 2 is 1.83 bits per heavy atom. The smallest absolute Gasteiger partial charge is 0.333 e. The molecule has 1 aliphatic rings. The summed E-state index contributed by atoms with van der Waals surface area (Å²) in [5.74, 6) is 0.996. The summed E-state index contributed by atoms with van der Waals surface area (Å²) in [7, 11) is -0.511. The Balaban J connectivity index is 3.00. The molecule has 0 radical (unpaired) electrons. The molecule has 0 unspecified atom stereocenters. The molecule has 0 aromatic carbocycles. The summed E-state index contributed by atoms with van der Waals surface area (Å²) < 4.78 is 11.7. The van der Waals surface area contributed by atoms with Gasteiger partial charge in [0, 0.05) is 11.5 Å². The van der Waals surface area contributed by atoms with Crippen molar-refractivity contribution >= 4 is 14.3 Å². The maximum Gasteiger partial charge on any atom is 0.333 e. The predicted octanol–water partition coefficient (Wildman–Crippen LogP) is 5.18. The van der Waals surface area contributed by atoms with Crippen LogP contribution < -0.4 is 0 Å². The van der Waals surface area contributed by atoms with Crippen LogP contribution in [0.1, 0.15) is 53.9 Å². The zero-order valence-electron chi connectivity index (χ0n) is 16.4. The van der Waals surface area contributed by atoms with E-state index in [0.29, 0.717) is 17.4 Å². The lowest BCUT2D eigenvalue weighted by Crippen LogP contribution is -2.50. The van der Waals surface area contributed by atoms with E-state index in [0.717, 1.165) is 19.3 Å². The van der Waals surface area contributed by atoms with Crippen LogP contribution in [-0.4, -0.2) is 27.5 Å². The molecule has 0 aromatic heterocycles. The molecule has 0 bridgehead atoms. The van der Waals surface area contributed by atoms with Gasteiger partial charge in [0.05, 0.1) is 13.2 Å². The third-order valence-corrected chi connectivity index (χ3v) is 11.0. The maximum atomic E-state index is 11.9. The van der Waals surface area contributed by atoms with E-state index in [2.05, 4.69) is 54.3 Å². The van der Waals surface area contributed by atoms with Crippen LogP contribution in [0.5, 0.6) is 0 Å². The summed E-state index contributed by atoms with van der Waals surface area (Å²) >= 11 is 0. The second-order valence-corrected chi connectivity index (χ2v) is 13.1. The van der Waals surface area contributed by atoms with Crippen molar-refractivity contribution in [1.82, 2.24) is 0 Å². The summed E-state index contributed by atoms with van der Waals surface area (Å²) in [6.07, 6.45) is 3.18. The van der Waals surface area contributed by atoms with Gasteiger partial charge in [0.25, 0.3) is 0 Å². The van der Waals surface area contributed by atoms with Crippen molar-refractivity contribution in [3.63, 3.8) is 0 Å². The first-order valence-electron chi connectivity index (χ1n) is 8.89. The lowest BCUT2D eigenvalue weighted by molar-refractivity contribution is -0.137. The highest BCUT2D eigenvalue weighted by molar-refractivity contribution is 6.74. The molecule has 0 amide bonds. The van der Waals surface area contributed by atoms with Crippen LogP contribution in [0.25, 0.3) is 0 Å². The second-order valence-electron chi connectivity index (χ2n) is 8.58. The van der Waals surface area contributed by atoms with Crippen LogP contribution in [0.4, 0.5) is 0 Å². The Kier molecular flexibility index (Phi) is 6.68. The van der Waals surface area contributed by atoms with E-state index in [1.807, 2.05) is 0 Å². The topological polar surface area (TPSA) is 35.5 Å². The highest BCUT2D eigenvalue weighted by Gasteiger charge is 2.47. The summed E-state index contributed by atoms with van der Waals surface area (Å²) in [5, 5.41) is 0.171. The van der Waals surface area contributed by atoms with E-state index >= 15 is 0 Å². The van der Waals surface area contributed by atoms with E-state index in [1.165, 1.54) is 7.11 Å². The molecule has 3 atom stereocenters. The van der Waals surface area contributed by atoms with Crippen molar-refractivity contribution in [1.29, 1.82) is 0 Å². The van der Waals surface area contributed by atoms with Crippen molar-refractivity contribution < 1.29 is 14.0 Å². The van der Waals surface area contributed by atoms with E-state index < -0.39 is 8.32 Å². The van der Waals surface area contributed by atoms with Crippen molar-refractivity contribution in [2.24, 2.45) is 17.8 Å². The number of carbonyl (C=O) groups excluding carboxylic acids is 1. The Bertz CT molecular complexity index is 440. The molecule has 1 rings (SSSR count). The van der Waals surface area contributed by atoms with E-state index in [4.69, 9.17) is 9.16 Å². The van der Waals surface area contributed by atoms with E-state index in [-0.39, 0.29) is 23.0 Å². The number of rotatable bonds is 6. The van der Waals surface area contributed by atoms with Gasteiger partial charge in [-0.2, -0.15) is 0 Å². The number of hydrogen-bond acceptors (Lipinski definition) is 3. The zero-order chi connectivity index (χ0) is 18.0. The largest absolute Gasteiger partial charge is 0.466 e. The number of methoxy groups -OCH3 is 1.